The van der Waals surface area contributed by atoms with Gasteiger partial charge in [0.25, 0.3) is 10.0 Å². The molecule has 8 nitrogen and oxygen atoms in total. The molecule has 2 rings (SSSR count). The molecule has 0 aromatic carbocycles. The number of sulfonamides is 1. The third-order valence-corrected chi connectivity index (χ3v) is 6.68. The zero-order valence-corrected chi connectivity index (χ0v) is 13.6. The fourth-order valence-corrected chi connectivity index (χ4v) is 4.77. The fraction of sp³-hybridized carbons (Fsp3) is 0.300. The summed E-state index contributed by atoms with van der Waals surface area (Å²) in [4.78, 5) is 14.3. The zero-order chi connectivity index (χ0) is 15.6. The summed E-state index contributed by atoms with van der Waals surface area (Å²) < 4.78 is 25.9. The lowest BCUT2D eigenvalue weighted by Crippen LogP contribution is -2.25. The molecule has 11 heteroatoms. The summed E-state index contributed by atoms with van der Waals surface area (Å²) in [6.07, 6.45) is 0. The lowest BCUT2D eigenvalue weighted by Gasteiger charge is -2.14. The minimum Gasteiger partial charge on any atom is -0.374 e. The van der Waals surface area contributed by atoms with Gasteiger partial charge in [-0.1, -0.05) is 11.3 Å². The third kappa shape index (κ3) is 3.20. The van der Waals surface area contributed by atoms with Crippen molar-refractivity contribution in [2.45, 2.75) is 10.8 Å². The topological polar surface area (TPSA) is 105 Å². The van der Waals surface area contributed by atoms with Crippen molar-refractivity contribution < 1.29 is 13.3 Å². The molecule has 0 unspecified atom stereocenters. The van der Waals surface area contributed by atoms with Crippen LogP contribution >= 0.6 is 22.7 Å². The molecule has 0 aliphatic carbocycles. The van der Waals surface area contributed by atoms with Crippen LogP contribution in [-0.2, 0) is 16.6 Å². The summed E-state index contributed by atoms with van der Waals surface area (Å²) in [6, 6.07) is 1.07. The molecule has 0 spiro atoms. The maximum Gasteiger partial charge on any atom is 0.304 e. The normalized spacial score (nSPS) is 11.8. The van der Waals surface area contributed by atoms with Crippen LogP contribution in [0.15, 0.2) is 21.2 Å². The van der Waals surface area contributed by atoms with Crippen LogP contribution in [0.2, 0.25) is 0 Å². The lowest BCUT2D eigenvalue weighted by molar-refractivity contribution is -0.383. The number of nitrogens with zero attached hydrogens (tertiary/aromatic N) is 3. The zero-order valence-electron chi connectivity index (χ0n) is 11.1. The number of aromatic nitrogens is 1. The minimum atomic E-state index is -3.79. The predicted molar refractivity (Wildman–Crippen MR) is 81.3 cm³/mol. The number of hydrogen-bond acceptors (Lipinski definition) is 8. The summed E-state index contributed by atoms with van der Waals surface area (Å²) in [6.45, 7) is 0.117. The first-order valence-corrected chi connectivity index (χ1v) is 8.85. The van der Waals surface area contributed by atoms with Crippen molar-refractivity contribution in [2.75, 3.05) is 19.4 Å². The Balaban J connectivity index is 2.33. The first-order chi connectivity index (χ1) is 9.86. The Labute approximate surface area is 129 Å². The molecule has 2 aromatic rings. The van der Waals surface area contributed by atoms with E-state index in [-0.39, 0.29) is 21.4 Å². The second-order valence-corrected chi connectivity index (χ2v) is 8.07. The maximum absolute atomic E-state index is 12.4. The Morgan fingerprint density at radius 2 is 2.24 bits per heavy atom. The van der Waals surface area contributed by atoms with Gasteiger partial charge < -0.3 is 5.32 Å². The molecular weight excluding hydrogens is 336 g/mol. The molecule has 2 aromatic heterocycles. The summed E-state index contributed by atoms with van der Waals surface area (Å²) in [5.41, 5.74) is 2.00. The standard InChI is InChI=1S/C10H12N4O4S3/c1-11-10-8(14(15)16)3-9(20-10)21(17,18)13(2)4-7-5-19-6-12-7/h3,5-6,11H,4H2,1-2H3. The molecule has 0 aliphatic rings. The van der Waals surface area contributed by atoms with E-state index < -0.39 is 14.9 Å². The molecule has 0 radical (unpaired) electrons. The van der Waals surface area contributed by atoms with Crippen molar-refractivity contribution in [2.24, 2.45) is 0 Å². The van der Waals surface area contributed by atoms with Crippen LogP contribution in [-0.4, -0.2) is 36.7 Å². The van der Waals surface area contributed by atoms with Crippen LogP contribution in [0.5, 0.6) is 0 Å². The van der Waals surface area contributed by atoms with Gasteiger partial charge in [0.05, 0.1) is 22.7 Å². The molecule has 21 heavy (non-hydrogen) atoms. The Kier molecular flexibility index (Phi) is 4.56. The smallest absolute Gasteiger partial charge is 0.304 e. The van der Waals surface area contributed by atoms with Crippen molar-refractivity contribution >= 4 is 43.4 Å². The van der Waals surface area contributed by atoms with Gasteiger partial charge in [-0.2, -0.15) is 4.31 Å². The minimum absolute atomic E-state index is 0.0729. The molecule has 0 bridgehead atoms. The summed E-state index contributed by atoms with van der Waals surface area (Å²) in [5.74, 6) is 0. The molecule has 0 atom stereocenters. The van der Waals surface area contributed by atoms with Gasteiger partial charge in [-0.15, -0.1) is 11.3 Å². The summed E-state index contributed by atoms with van der Waals surface area (Å²) in [5, 5.41) is 15.5. The van der Waals surface area contributed by atoms with Crippen LogP contribution in [0.1, 0.15) is 5.69 Å². The van der Waals surface area contributed by atoms with Gasteiger partial charge in [0.2, 0.25) is 0 Å². The molecule has 2 heterocycles. The molecule has 1 N–H and O–H groups in total. The highest BCUT2D eigenvalue weighted by atomic mass is 32.2. The van der Waals surface area contributed by atoms with E-state index in [1.54, 1.807) is 10.9 Å². The average Bonchev–Trinajstić information content (AvgIpc) is 3.06. The Hall–Kier alpha value is -1.56. The monoisotopic (exact) mass is 348 g/mol. The second-order valence-electron chi connectivity index (χ2n) is 4.03. The number of nitro groups is 1. The number of nitrogens with one attached hydrogen (secondary N) is 1. The molecule has 0 saturated heterocycles. The van der Waals surface area contributed by atoms with E-state index in [0.717, 1.165) is 21.7 Å². The molecule has 0 amide bonds. The molecule has 0 saturated carbocycles. The summed E-state index contributed by atoms with van der Waals surface area (Å²) in [7, 11) is -0.864. The van der Waals surface area contributed by atoms with Gasteiger partial charge in [0, 0.05) is 25.5 Å². The quantitative estimate of drug-likeness (QED) is 0.632. The van der Waals surface area contributed by atoms with Crippen LogP contribution in [0.4, 0.5) is 10.7 Å². The maximum atomic E-state index is 12.4. The highest BCUT2D eigenvalue weighted by molar-refractivity contribution is 7.91. The van der Waals surface area contributed by atoms with Crippen LogP contribution in [0.25, 0.3) is 0 Å². The van der Waals surface area contributed by atoms with E-state index in [0.29, 0.717) is 5.69 Å². The fourth-order valence-electron chi connectivity index (χ4n) is 1.58. The SMILES string of the molecule is CNc1sc(S(=O)(=O)N(C)Cc2cscn2)cc1[N+](=O)[O-]. The van der Waals surface area contributed by atoms with Crippen molar-refractivity contribution in [1.82, 2.24) is 9.29 Å². The number of thiazole rings is 1. The second kappa shape index (κ2) is 6.05. The average molecular weight is 348 g/mol. The molecule has 114 valence electrons. The van der Waals surface area contributed by atoms with Crippen molar-refractivity contribution in [1.29, 1.82) is 0 Å². The van der Waals surface area contributed by atoms with Crippen LogP contribution in [0.3, 0.4) is 0 Å². The first-order valence-electron chi connectivity index (χ1n) is 5.65. The van der Waals surface area contributed by atoms with E-state index in [2.05, 4.69) is 10.3 Å². The van der Waals surface area contributed by atoms with Gasteiger partial charge >= 0.3 is 5.69 Å². The van der Waals surface area contributed by atoms with Gasteiger partial charge in [0.15, 0.2) is 5.00 Å². The van der Waals surface area contributed by atoms with E-state index >= 15 is 0 Å². The lowest BCUT2D eigenvalue weighted by atomic mass is 10.5. The predicted octanol–water partition coefficient (Wildman–Crippen LogP) is 1.98. The van der Waals surface area contributed by atoms with E-state index in [9.17, 15) is 18.5 Å². The number of thiophene rings is 1. The highest BCUT2D eigenvalue weighted by Gasteiger charge is 2.29. The van der Waals surface area contributed by atoms with E-state index in [4.69, 9.17) is 0 Å². The van der Waals surface area contributed by atoms with Crippen LogP contribution in [0, 0.1) is 10.1 Å². The first kappa shape index (κ1) is 15.8. The van der Waals surface area contributed by atoms with Gasteiger partial charge in [-0.25, -0.2) is 13.4 Å². The third-order valence-electron chi connectivity index (χ3n) is 2.65. The number of anilines is 1. The van der Waals surface area contributed by atoms with Crippen molar-refractivity contribution in [3.05, 3.63) is 32.8 Å². The van der Waals surface area contributed by atoms with Crippen molar-refractivity contribution in [3.8, 4) is 0 Å². The van der Waals surface area contributed by atoms with Gasteiger partial charge in [0.1, 0.15) is 4.21 Å². The molecular formula is C10H12N4O4S3. The largest absolute Gasteiger partial charge is 0.374 e. The van der Waals surface area contributed by atoms with Gasteiger partial charge in [-0.05, 0) is 0 Å². The molecule has 0 fully saturated rings. The Bertz CT molecular complexity index is 738. The van der Waals surface area contributed by atoms with Crippen LogP contribution < -0.4 is 5.32 Å². The van der Waals surface area contributed by atoms with Gasteiger partial charge in [-0.3, -0.25) is 10.1 Å². The number of hydrogen-bond donors (Lipinski definition) is 1. The number of rotatable bonds is 6. The van der Waals surface area contributed by atoms with E-state index in [1.807, 2.05) is 0 Å². The van der Waals surface area contributed by atoms with E-state index in [1.165, 1.54) is 25.4 Å². The summed E-state index contributed by atoms with van der Waals surface area (Å²) >= 11 is 2.21. The Morgan fingerprint density at radius 1 is 1.52 bits per heavy atom. The van der Waals surface area contributed by atoms with Crippen molar-refractivity contribution in [3.63, 3.8) is 0 Å². The highest BCUT2D eigenvalue weighted by Crippen LogP contribution is 2.37. The molecule has 0 aliphatic heterocycles. The Morgan fingerprint density at radius 3 is 2.71 bits per heavy atom.